The second kappa shape index (κ2) is 13.3. The molecule has 32 heavy (non-hydrogen) atoms. The lowest BCUT2D eigenvalue weighted by Gasteiger charge is -2.31. The van der Waals surface area contributed by atoms with E-state index in [1.165, 1.54) is 0 Å². The van der Waals surface area contributed by atoms with Crippen molar-refractivity contribution < 1.29 is 19.0 Å². The first kappa shape index (κ1) is 24.4. The summed E-state index contributed by atoms with van der Waals surface area (Å²) in [6.07, 6.45) is 3.23. The van der Waals surface area contributed by atoms with Crippen molar-refractivity contribution in [2.75, 3.05) is 40.0 Å². The van der Waals surface area contributed by atoms with Crippen molar-refractivity contribution in [3.63, 3.8) is 0 Å². The van der Waals surface area contributed by atoms with Gasteiger partial charge in [-0.1, -0.05) is 23.7 Å². The third kappa shape index (κ3) is 8.69. The van der Waals surface area contributed by atoms with Crippen molar-refractivity contribution in [1.29, 1.82) is 0 Å². The number of halogens is 1. The highest BCUT2D eigenvalue weighted by molar-refractivity contribution is 6.30. The molecule has 6 nitrogen and oxygen atoms in total. The largest absolute Gasteiger partial charge is 0.494 e. The first-order chi connectivity index (χ1) is 15.6. The number of hydrogen-bond donors (Lipinski definition) is 1. The normalized spacial score (nSPS) is 14.3. The molecule has 1 fully saturated rings. The molecule has 0 spiro atoms. The third-order valence-electron chi connectivity index (χ3n) is 5.55. The molecule has 0 bridgehead atoms. The van der Waals surface area contributed by atoms with Crippen LogP contribution < -0.4 is 14.8 Å². The maximum atomic E-state index is 12.1. The van der Waals surface area contributed by atoms with Crippen LogP contribution in [-0.4, -0.2) is 56.9 Å². The summed E-state index contributed by atoms with van der Waals surface area (Å²) < 4.78 is 17.0. The average Bonchev–Trinajstić information content (AvgIpc) is 2.82. The summed E-state index contributed by atoms with van der Waals surface area (Å²) in [6.45, 7) is 4.18. The predicted molar refractivity (Wildman–Crippen MR) is 126 cm³/mol. The van der Waals surface area contributed by atoms with Crippen molar-refractivity contribution in [1.82, 2.24) is 10.2 Å². The van der Waals surface area contributed by atoms with Gasteiger partial charge in [-0.3, -0.25) is 9.69 Å². The Kier molecular flexibility index (Phi) is 10.1. The molecule has 0 unspecified atom stereocenters. The Morgan fingerprint density at radius 2 is 1.84 bits per heavy atom. The van der Waals surface area contributed by atoms with Gasteiger partial charge < -0.3 is 19.5 Å². The van der Waals surface area contributed by atoms with Crippen LogP contribution in [0.15, 0.2) is 48.5 Å². The molecule has 0 saturated carbocycles. The summed E-state index contributed by atoms with van der Waals surface area (Å²) in [5, 5.41) is 3.64. The van der Waals surface area contributed by atoms with Crippen molar-refractivity contribution >= 4 is 17.5 Å². The van der Waals surface area contributed by atoms with Crippen LogP contribution >= 0.6 is 11.6 Å². The lowest BCUT2D eigenvalue weighted by atomic mass is 10.1. The quantitative estimate of drug-likeness (QED) is 0.478. The zero-order chi connectivity index (χ0) is 22.6. The maximum absolute atomic E-state index is 12.1. The number of rotatable bonds is 12. The molecule has 1 N–H and O–H groups in total. The van der Waals surface area contributed by atoms with Gasteiger partial charge >= 0.3 is 0 Å². The molecule has 7 heteroatoms. The van der Waals surface area contributed by atoms with Crippen LogP contribution in [0.4, 0.5) is 0 Å². The molecular weight excluding hydrogens is 428 g/mol. The summed E-state index contributed by atoms with van der Waals surface area (Å²) in [5.74, 6) is 1.59. The zero-order valence-electron chi connectivity index (χ0n) is 18.7. The summed E-state index contributed by atoms with van der Waals surface area (Å²) >= 11 is 5.85. The van der Waals surface area contributed by atoms with Crippen molar-refractivity contribution in [3.05, 3.63) is 59.1 Å². The highest BCUT2D eigenvalue weighted by Crippen LogP contribution is 2.17. The van der Waals surface area contributed by atoms with Crippen LogP contribution in [-0.2, 0) is 16.1 Å². The van der Waals surface area contributed by atoms with Gasteiger partial charge in [-0.25, -0.2) is 0 Å². The van der Waals surface area contributed by atoms with E-state index in [1.54, 1.807) is 12.1 Å². The molecule has 0 atom stereocenters. The van der Waals surface area contributed by atoms with Gasteiger partial charge in [0.15, 0.2) is 0 Å². The SMILES string of the molecule is CN(CCOc1cccc(CNC(=O)CCCOc2ccc(Cl)cc2)c1)C1CCOCC1. The van der Waals surface area contributed by atoms with Crippen LogP contribution in [0.25, 0.3) is 0 Å². The van der Waals surface area contributed by atoms with Gasteiger partial charge in [0.1, 0.15) is 18.1 Å². The van der Waals surface area contributed by atoms with Crippen LogP contribution in [0.1, 0.15) is 31.2 Å². The molecule has 1 heterocycles. The van der Waals surface area contributed by atoms with E-state index in [2.05, 4.69) is 17.3 Å². The van der Waals surface area contributed by atoms with Crippen molar-refractivity contribution in [3.8, 4) is 11.5 Å². The van der Waals surface area contributed by atoms with E-state index in [9.17, 15) is 4.79 Å². The molecule has 174 valence electrons. The molecule has 0 aromatic heterocycles. The van der Waals surface area contributed by atoms with E-state index in [1.807, 2.05) is 36.4 Å². The second-order valence-electron chi connectivity index (χ2n) is 8.00. The molecule has 0 radical (unpaired) electrons. The van der Waals surface area contributed by atoms with Crippen LogP contribution in [0, 0.1) is 0 Å². The van der Waals surface area contributed by atoms with Crippen LogP contribution in [0.3, 0.4) is 0 Å². The summed E-state index contributed by atoms with van der Waals surface area (Å²) in [5.41, 5.74) is 1.02. The zero-order valence-corrected chi connectivity index (χ0v) is 19.5. The number of likely N-dealkylation sites (N-methyl/N-ethyl adjacent to an activating group) is 1. The Morgan fingerprint density at radius 1 is 1.09 bits per heavy atom. The monoisotopic (exact) mass is 460 g/mol. The van der Waals surface area contributed by atoms with Crippen molar-refractivity contribution in [2.45, 2.75) is 38.3 Å². The Labute approximate surface area is 195 Å². The number of carbonyl (C=O) groups is 1. The number of amides is 1. The number of carbonyl (C=O) groups excluding carboxylic acids is 1. The standard InChI is InChI=1S/C25H33ClN2O4/c1-28(22-11-15-30-16-12-22)13-17-32-24-5-2-4-20(18-24)19-27-25(29)6-3-14-31-23-9-7-21(26)8-10-23/h2,4-5,7-10,18,22H,3,6,11-17,19H2,1H3,(H,27,29). The number of nitrogens with one attached hydrogen (secondary N) is 1. The summed E-state index contributed by atoms with van der Waals surface area (Å²) in [6, 6.07) is 15.7. The molecule has 2 aromatic carbocycles. The van der Waals surface area contributed by atoms with Crippen LogP contribution in [0.2, 0.25) is 5.02 Å². The maximum Gasteiger partial charge on any atom is 0.220 e. The highest BCUT2D eigenvalue weighted by atomic mass is 35.5. The van der Waals surface area contributed by atoms with Gasteiger partial charge in [0.2, 0.25) is 5.91 Å². The number of benzene rings is 2. The Balaban J connectivity index is 1.30. The Bertz CT molecular complexity index is 825. The Morgan fingerprint density at radius 3 is 2.62 bits per heavy atom. The molecule has 1 aliphatic rings. The van der Waals surface area contributed by atoms with E-state index in [4.69, 9.17) is 25.8 Å². The third-order valence-corrected chi connectivity index (χ3v) is 5.80. The molecule has 1 aliphatic heterocycles. The van der Waals surface area contributed by atoms with E-state index < -0.39 is 0 Å². The summed E-state index contributed by atoms with van der Waals surface area (Å²) in [4.78, 5) is 14.5. The van der Waals surface area contributed by atoms with Gasteiger partial charge in [0, 0.05) is 43.8 Å². The molecular formula is C25H33ClN2O4. The van der Waals surface area contributed by atoms with E-state index in [0.717, 1.165) is 49.7 Å². The Hall–Kier alpha value is -2.28. The number of ether oxygens (including phenoxy) is 3. The number of nitrogens with zero attached hydrogens (tertiary/aromatic N) is 1. The van der Waals surface area contributed by atoms with Gasteiger partial charge in [-0.15, -0.1) is 0 Å². The number of hydrogen-bond acceptors (Lipinski definition) is 5. The van der Waals surface area contributed by atoms with E-state index in [-0.39, 0.29) is 5.91 Å². The predicted octanol–water partition coefficient (Wildman–Crippen LogP) is 4.31. The fraction of sp³-hybridized carbons (Fsp3) is 0.480. The van der Waals surface area contributed by atoms with Gasteiger partial charge in [-0.2, -0.15) is 0 Å². The molecule has 1 saturated heterocycles. The van der Waals surface area contributed by atoms with Gasteiger partial charge in [-0.05, 0) is 68.3 Å². The van der Waals surface area contributed by atoms with Crippen molar-refractivity contribution in [2.24, 2.45) is 0 Å². The second-order valence-corrected chi connectivity index (χ2v) is 8.44. The fourth-order valence-electron chi connectivity index (χ4n) is 3.60. The van der Waals surface area contributed by atoms with E-state index in [0.29, 0.717) is 43.7 Å². The van der Waals surface area contributed by atoms with Gasteiger partial charge in [0.05, 0.1) is 6.61 Å². The molecule has 1 amide bonds. The molecule has 3 rings (SSSR count). The first-order valence-electron chi connectivity index (χ1n) is 11.2. The molecule has 2 aromatic rings. The lowest BCUT2D eigenvalue weighted by molar-refractivity contribution is -0.121. The smallest absolute Gasteiger partial charge is 0.220 e. The minimum absolute atomic E-state index is 0.00844. The summed E-state index contributed by atoms with van der Waals surface area (Å²) in [7, 11) is 2.14. The van der Waals surface area contributed by atoms with Gasteiger partial charge in [0.25, 0.3) is 0 Å². The van der Waals surface area contributed by atoms with Crippen LogP contribution in [0.5, 0.6) is 11.5 Å². The minimum atomic E-state index is 0.00844. The first-order valence-corrected chi connectivity index (χ1v) is 11.6. The lowest BCUT2D eigenvalue weighted by Crippen LogP contribution is -2.38. The van der Waals surface area contributed by atoms with E-state index >= 15 is 0 Å². The topological polar surface area (TPSA) is 60.0 Å². The average molecular weight is 461 g/mol. The fourth-order valence-corrected chi connectivity index (χ4v) is 3.73. The molecule has 0 aliphatic carbocycles. The minimum Gasteiger partial charge on any atom is -0.494 e. The highest BCUT2D eigenvalue weighted by Gasteiger charge is 2.18.